The molecule has 6 atom stereocenters. The molecule has 0 aromatic carbocycles. The highest BCUT2D eigenvalue weighted by molar-refractivity contribution is 5.66. The smallest absolute Gasteiger partial charge is 0.303 e. The molecule has 0 saturated heterocycles. The number of aliphatic hydroxyl groups excluding tert-OH is 4. The van der Waals surface area contributed by atoms with Crippen molar-refractivity contribution in [3.63, 3.8) is 0 Å². The number of aliphatic hydroxyl groups is 4. The van der Waals surface area contributed by atoms with Crippen molar-refractivity contribution in [2.24, 2.45) is 11.8 Å². The molecule has 0 radical (unpaired) electrons. The first-order chi connectivity index (χ1) is 12.3. The normalized spacial score (nSPS) is 28.8. The molecule has 0 amide bonds. The summed E-state index contributed by atoms with van der Waals surface area (Å²) < 4.78 is 0. The van der Waals surface area contributed by atoms with Gasteiger partial charge in [0, 0.05) is 18.8 Å². The molecule has 1 rings (SSSR count). The molecule has 1 aliphatic rings. The van der Waals surface area contributed by atoms with Gasteiger partial charge in [0.05, 0.1) is 24.4 Å². The van der Waals surface area contributed by atoms with Crippen molar-refractivity contribution in [1.29, 1.82) is 0 Å². The summed E-state index contributed by atoms with van der Waals surface area (Å²) in [5.74, 6) is -1.12. The summed E-state index contributed by atoms with van der Waals surface area (Å²) in [5, 5.41) is 48.2. The predicted octanol–water partition coefficient (Wildman–Crippen LogP) is 2.01. The number of unbranched alkanes of at least 4 members (excludes halogenated alkanes) is 1. The standard InChI is InChI=1S/C20H34O6/c1-14(21)7-6-8-15(22)11-12-17-16(18(23)13-19(17)24)9-4-2-3-5-10-20(25)26/h2,4,11-12,14-19,21-24H,3,5-10,13H2,1H3,(H,25,26)/b4-2-,12-11-/t14-,15+,16-,17-,18+,19-/m1/s1. The minimum Gasteiger partial charge on any atom is -0.481 e. The Hall–Kier alpha value is -1.21. The van der Waals surface area contributed by atoms with E-state index in [0.717, 1.165) is 6.42 Å². The molecule has 150 valence electrons. The van der Waals surface area contributed by atoms with Gasteiger partial charge in [0.15, 0.2) is 0 Å². The number of allylic oxidation sites excluding steroid dienone is 2. The van der Waals surface area contributed by atoms with Crippen LogP contribution >= 0.6 is 0 Å². The van der Waals surface area contributed by atoms with Gasteiger partial charge in [0.1, 0.15) is 0 Å². The average molecular weight is 370 g/mol. The van der Waals surface area contributed by atoms with Gasteiger partial charge in [0.2, 0.25) is 0 Å². The molecular weight excluding hydrogens is 336 g/mol. The van der Waals surface area contributed by atoms with Gasteiger partial charge in [-0.25, -0.2) is 0 Å². The first-order valence-corrected chi connectivity index (χ1v) is 9.58. The zero-order chi connectivity index (χ0) is 19.5. The molecule has 1 aliphatic carbocycles. The quantitative estimate of drug-likeness (QED) is 0.265. The molecule has 0 aliphatic heterocycles. The number of hydrogen-bond donors (Lipinski definition) is 5. The maximum Gasteiger partial charge on any atom is 0.303 e. The van der Waals surface area contributed by atoms with Gasteiger partial charge in [-0.3, -0.25) is 4.79 Å². The molecule has 0 bridgehead atoms. The SMILES string of the molecule is C[C@@H](O)CCC[C@H](O)/C=C\[C@@H]1[C@@H](C/C=C\CCCC(=O)O)[C@@H](O)C[C@H]1O. The minimum absolute atomic E-state index is 0.110. The maximum absolute atomic E-state index is 10.5. The molecule has 0 aromatic heterocycles. The van der Waals surface area contributed by atoms with Crippen LogP contribution in [0, 0.1) is 11.8 Å². The van der Waals surface area contributed by atoms with E-state index in [1.54, 1.807) is 19.1 Å². The molecule has 0 unspecified atom stereocenters. The van der Waals surface area contributed by atoms with Crippen molar-refractivity contribution >= 4 is 5.97 Å². The second-order valence-corrected chi connectivity index (χ2v) is 7.34. The zero-order valence-electron chi connectivity index (χ0n) is 15.6. The van der Waals surface area contributed by atoms with Crippen molar-refractivity contribution in [2.75, 3.05) is 0 Å². The van der Waals surface area contributed by atoms with Crippen LogP contribution in [0.4, 0.5) is 0 Å². The van der Waals surface area contributed by atoms with Crippen LogP contribution in [0.5, 0.6) is 0 Å². The Balaban J connectivity index is 2.46. The third-order valence-electron chi connectivity index (χ3n) is 4.93. The fourth-order valence-corrected chi connectivity index (χ4v) is 3.42. The van der Waals surface area contributed by atoms with Crippen LogP contribution in [0.2, 0.25) is 0 Å². The van der Waals surface area contributed by atoms with Crippen LogP contribution in [0.15, 0.2) is 24.3 Å². The van der Waals surface area contributed by atoms with E-state index in [-0.39, 0.29) is 24.4 Å². The fraction of sp³-hybridized carbons (Fsp3) is 0.750. The molecular formula is C20H34O6. The Bertz CT molecular complexity index is 459. The topological polar surface area (TPSA) is 118 Å². The molecule has 0 spiro atoms. The summed E-state index contributed by atoms with van der Waals surface area (Å²) in [5.41, 5.74) is 0. The number of aliphatic carboxylic acids is 1. The van der Waals surface area contributed by atoms with Crippen LogP contribution in [0.3, 0.4) is 0 Å². The van der Waals surface area contributed by atoms with Crippen LogP contribution in [-0.2, 0) is 4.79 Å². The first kappa shape index (κ1) is 22.8. The minimum atomic E-state index is -0.801. The monoisotopic (exact) mass is 370 g/mol. The van der Waals surface area contributed by atoms with Crippen LogP contribution in [-0.4, -0.2) is 55.9 Å². The van der Waals surface area contributed by atoms with E-state index >= 15 is 0 Å². The van der Waals surface area contributed by atoms with Gasteiger partial charge >= 0.3 is 5.97 Å². The Labute approximate surface area is 155 Å². The van der Waals surface area contributed by atoms with E-state index in [1.807, 2.05) is 12.2 Å². The number of rotatable bonds is 12. The lowest BCUT2D eigenvalue weighted by molar-refractivity contribution is -0.137. The summed E-state index contributed by atoms with van der Waals surface area (Å²) in [7, 11) is 0. The lowest BCUT2D eigenvalue weighted by Crippen LogP contribution is -2.20. The molecule has 5 N–H and O–H groups in total. The number of hydrogen-bond acceptors (Lipinski definition) is 5. The molecule has 26 heavy (non-hydrogen) atoms. The van der Waals surface area contributed by atoms with Crippen molar-refractivity contribution in [3.05, 3.63) is 24.3 Å². The van der Waals surface area contributed by atoms with Gasteiger partial charge in [-0.05, 0) is 51.4 Å². The second-order valence-electron chi connectivity index (χ2n) is 7.34. The molecule has 6 heteroatoms. The van der Waals surface area contributed by atoms with E-state index in [1.165, 1.54) is 0 Å². The van der Waals surface area contributed by atoms with E-state index in [2.05, 4.69) is 0 Å². The Morgan fingerprint density at radius 2 is 1.85 bits per heavy atom. The van der Waals surface area contributed by atoms with E-state index in [0.29, 0.717) is 38.5 Å². The lowest BCUT2D eigenvalue weighted by Gasteiger charge is -2.19. The lowest BCUT2D eigenvalue weighted by atomic mass is 9.89. The summed E-state index contributed by atoms with van der Waals surface area (Å²) >= 11 is 0. The Morgan fingerprint density at radius 1 is 1.12 bits per heavy atom. The fourth-order valence-electron chi connectivity index (χ4n) is 3.42. The van der Waals surface area contributed by atoms with Gasteiger partial charge in [-0.2, -0.15) is 0 Å². The molecule has 6 nitrogen and oxygen atoms in total. The van der Waals surface area contributed by atoms with E-state index in [9.17, 15) is 25.2 Å². The summed E-state index contributed by atoms with van der Waals surface area (Å²) in [6.45, 7) is 1.72. The third-order valence-corrected chi connectivity index (χ3v) is 4.93. The van der Waals surface area contributed by atoms with Gasteiger partial charge in [0.25, 0.3) is 0 Å². The molecule has 1 fully saturated rings. The predicted molar refractivity (Wildman–Crippen MR) is 99.5 cm³/mol. The highest BCUT2D eigenvalue weighted by Gasteiger charge is 2.39. The third kappa shape index (κ3) is 8.94. The van der Waals surface area contributed by atoms with Crippen molar-refractivity contribution in [1.82, 2.24) is 0 Å². The zero-order valence-corrected chi connectivity index (χ0v) is 15.6. The van der Waals surface area contributed by atoms with E-state index in [4.69, 9.17) is 5.11 Å². The van der Waals surface area contributed by atoms with Gasteiger partial charge in [-0.15, -0.1) is 0 Å². The highest BCUT2D eigenvalue weighted by Crippen LogP contribution is 2.36. The Kier molecular flexibility index (Phi) is 10.7. The van der Waals surface area contributed by atoms with Crippen LogP contribution < -0.4 is 0 Å². The van der Waals surface area contributed by atoms with Crippen LogP contribution in [0.25, 0.3) is 0 Å². The first-order valence-electron chi connectivity index (χ1n) is 9.58. The van der Waals surface area contributed by atoms with Crippen molar-refractivity contribution in [3.8, 4) is 0 Å². The second kappa shape index (κ2) is 12.2. The van der Waals surface area contributed by atoms with Crippen LogP contribution in [0.1, 0.15) is 58.3 Å². The summed E-state index contributed by atoms with van der Waals surface area (Å²) in [6, 6.07) is 0. The molecule has 1 saturated carbocycles. The number of carboxylic acid groups (broad SMARTS) is 1. The molecule has 0 aromatic rings. The van der Waals surface area contributed by atoms with Crippen molar-refractivity contribution in [2.45, 2.75) is 82.7 Å². The Morgan fingerprint density at radius 3 is 2.50 bits per heavy atom. The van der Waals surface area contributed by atoms with Crippen molar-refractivity contribution < 1.29 is 30.3 Å². The average Bonchev–Trinajstić information content (AvgIpc) is 2.81. The number of carbonyl (C=O) groups is 1. The van der Waals surface area contributed by atoms with Gasteiger partial charge < -0.3 is 25.5 Å². The molecule has 0 heterocycles. The largest absolute Gasteiger partial charge is 0.481 e. The highest BCUT2D eigenvalue weighted by atomic mass is 16.4. The summed E-state index contributed by atoms with van der Waals surface area (Å²) in [4.78, 5) is 10.5. The summed E-state index contributed by atoms with van der Waals surface area (Å²) in [6.07, 6.45) is 9.41. The van der Waals surface area contributed by atoms with E-state index < -0.39 is 24.3 Å². The maximum atomic E-state index is 10.5. The number of carboxylic acids is 1. The van der Waals surface area contributed by atoms with Gasteiger partial charge in [-0.1, -0.05) is 24.3 Å².